The van der Waals surface area contributed by atoms with Crippen LogP contribution in [-0.2, 0) is 19.6 Å². The molecule has 0 saturated heterocycles. The summed E-state index contributed by atoms with van der Waals surface area (Å²) >= 11 is 12.3. The Morgan fingerprint density at radius 1 is 0.912 bits per heavy atom. The summed E-state index contributed by atoms with van der Waals surface area (Å²) in [4.78, 5) is 2.17. The van der Waals surface area contributed by atoms with Gasteiger partial charge in [-0.1, -0.05) is 72.3 Å². The fourth-order valence-electron chi connectivity index (χ4n) is 3.80. The van der Waals surface area contributed by atoms with Gasteiger partial charge in [0.1, 0.15) is 5.75 Å². The van der Waals surface area contributed by atoms with Crippen molar-refractivity contribution < 1.29 is 4.74 Å². The average Bonchev–Trinajstić information content (AvgIpc) is 3.28. The fourth-order valence-corrected chi connectivity index (χ4v) is 4.24. The highest BCUT2D eigenvalue weighted by Crippen LogP contribution is 2.25. The zero-order valence-corrected chi connectivity index (χ0v) is 20.7. The first-order valence-corrected chi connectivity index (χ1v) is 12.1. The van der Waals surface area contributed by atoms with Gasteiger partial charge < -0.3 is 19.5 Å². The maximum absolute atomic E-state index is 6.42. The Morgan fingerprint density at radius 3 is 2.44 bits per heavy atom. The maximum atomic E-state index is 6.42. The van der Waals surface area contributed by atoms with Crippen LogP contribution >= 0.6 is 23.8 Å². The van der Waals surface area contributed by atoms with Gasteiger partial charge in [0.15, 0.2) is 5.11 Å². The molecule has 0 aliphatic heterocycles. The van der Waals surface area contributed by atoms with Crippen LogP contribution in [0.15, 0.2) is 97.2 Å². The lowest BCUT2D eigenvalue weighted by Crippen LogP contribution is -2.34. The number of thiocarbonyl (C=S) groups is 1. The van der Waals surface area contributed by atoms with E-state index in [2.05, 4.69) is 63.4 Å². The number of hydrogen-bond donors (Lipinski definition) is 1. The van der Waals surface area contributed by atoms with Gasteiger partial charge in [0.2, 0.25) is 0 Å². The number of nitrogens with one attached hydrogen (secondary N) is 1. The van der Waals surface area contributed by atoms with Crippen LogP contribution in [0.5, 0.6) is 5.75 Å². The van der Waals surface area contributed by atoms with E-state index in [0.29, 0.717) is 31.4 Å². The van der Waals surface area contributed by atoms with E-state index < -0.39 is 0 Å². The first kappa shape index (κ1) is 23.9. The Balaban J connectivity index is 1.57. The highest BCUT2D eigenvalue weighted by Gasteiger charge is 2.16. The molecule has 3 aromatic carbocycles. The summed E-state index contributed by atoms with van der Waals surface area (Å²) in [6.07, 6.45) is 2.08. The number of nitrogens with zero attached hydrogens (tertiary/aromatic N) is 2. The number of para-hydroxylation sites is 2. The Hall–Kier alpha value is -3.28. The van der Waals surface area contributed by atoms with E-state index in [1.165, 1.54) is 5.56 Å². The highest BCUT2D eigenvalue weighted by atomic mass is 35.5. The van der Waals surface area contributed by atoms with E-state index >= 15 is 0 Å². The molecule has 0 amide bonds. The molecule has 6 heteroatoms. The molecule has 1 N–H and O–H groups in total. The lowest BCUT2D eigenvalue weighted by Gasteiger charge is -2.27. The molecule has 4 rings (SSSR count). The molecule has 0 bridgehead atoms. The predicted molar refractivity (Wildman–Crippen MR) is 145 cm³/mol. The highest BCUT2D eigenvalue weighted by molar-refractivity contribution is 7.80. The second-order valence-corrected chi connectivity index (χ2v) is 8.71. The van der Waals surface area contributed by atoms with Crippen LogP contribution in [-0.4, -0.2) is 21.2 Å². The lowest BCUT2D eigenvalue weighted by molar-refractivity contribution is 0.341. The molecule has 174 valence electrons. The van der Waals surface area contributed by atoms with Crippen LogP contribution in [0.2, 0.25) is 5.02 Å². The van der Waals surface area contributed by atoms with Crippen LogP contribution in [0, 0.1) is 0 Å². The monoisotopic (exact) mass is 489 g/mol. The van der Waals surface area contributed by atoms with E-state index in [9.17, 15) is 0 Å². The minimum absolute atomic E-state index is 0.592. The maximum Gasteiger partial charge on any atom is 0.174 e. The molecule has 0 aliphatic carbocycles. The Kier molecular flexibility index (Phi) is 8.23. The molecule has 4 nitrogen and oxygen atoms in total. The van der Waals surface area contributed by atoms with Crippen molar-refractivity contribution >= 4 is 34.6 Å². The number of benzene rings is 3. The van der Waals surface area contributed by atoms with Gasteiger partial charge in [0.25, 0.3) is 0 Å². The molecule has 0 aliphatic rings. The van der Waals surface area contributed by atoms with E-state index in [0.717, 1.165) is 27.7 Å². The number of hydrogen-bond acceptors (Lipinski definition) is 2. The van der Waals surface area contributed by atoms with Gasteiger partial charge in [-0.05, 0) is 60.6 Å². The molecular weight excluding hydrogens is 462 g/mol. The van der Waals surface area contributed by atoms with Crippen LogP contribution in [0.3, 0.4) is 0 Å². The lowest BCUT2D eigenvalue weighted by atomic mass is 10.2. The van der Waals surface area contributed by atoms with Gasteiger partial charge in [0, 0.05) is 30.0 Å². The number of rotatable bonds is 9. The zero-order valence-electron chi connectivity index (χ0n) is 19.2. The van der Waals surface area contributed by atoms with Crippen molar-refractivity contribution in [1.82, 2.24) is 9.47 Å². The molecule has 0 radical (unpaired) electrons. The quantitative estimate of drug-likeness (QED) is 0.256. The van der Waals surface area contributed by atoms with Crippen LogP contribution in [0.4, 0.5) is 5.69 Å². The topological polar surface area (TPSA) is 29.4 Å². The van der Waals surface area contributed by atoms with E-state index in [1.54, 1.807) is 0 Å². The summed E-state index contributed by atoms with van der Waals surface area (Å²) in [5.41, 5.74) is 4.29. The number of aromatic nitrogens is 1. The van der Waals surface area contributed by atoms with Gasteiger partial charge in [-0.15, -0.1) is 0 Å². The third-order valence-corrected chi connectivity index (χ3v) is 6.24. The van der Waals surface area contributed by atoms with E-state index in [4.69, 9.17) is 28.6 Å². The molecule has 1 heterocycles. The van der Waals surface area contributed by atoms with Crippen molar-refractivity contribution in [2.24, 2.45) is 0 Å². The minimum atomic E-state index is 0.592. The summed E-state index contributed by atoms with van der Waals surface area (Å²) in [5, 5.41) is 4.82. The zero-order chi connectivity index (χ0) is 23.8. The first-order valence-electron chi connectivity index (χ1n) is 11.3. The van der Waals surface area contributed by atoms with Gasteiger partial charge in [0.05, 0.1) is 18.8 Å². The van der Waals surface area contributed by atoms with Crippen molar-refractivity contribution in [2.75, 3.05) is 11.9 Å². The van der Waals surface area contributed by atoms with Crippen molar-refractivity contribution in [3.8, 4) is 5.75 Å². The number of halogens is 1. The molecule has 4 aromatic rings. The number of ether oxygens (including phenoxy) is 1. The third kappa shape index (κ3) is 6.19. The smallest absolute Gasteiger partial charge is 0.174 e. The van der Waals surface area contributed by atoms with Crippen molar-refractivity contribution in [1.29, 1.82) is 0 Å². The molecule has 0 saturated carbocycles. The molecular formula is C28H28ClN3OS. The summed E-state index contributed by atoms with van der Waals surface area (Å²) in [6.45, 7) is 4.60. The van der Waals surface area contributed by atoms with Crippen molar-refractivity contribution in [3.05, 3.63) is 119 Å². The summed E-state index contributed by atoms with van der Waals surface area (Å²) in [7, 11) is 0. The second-order valence-electron chi connectivity index (χ2n) is 7.92. The average molecular weight is 490 g/mol. The third-order valence-electron chi connectivity index (χ3n) is 5.51. The van der Waals surface area contributed by atoms with Crippen LogP contribution < -0.4 is 10.1 Å². The molecule has 34 heavy (non-hydrogen) atoms. The van der Waals surface area contributed by atoms with Crippen LogP contribution in [0.1, 0.15) is 23.7 Å². The van der Waals surface area contributed by atoms with Gasteiger partial charge in [-0.3, -0.25) is 0 Å². The summed E-state index contributed by atoms with van der Waals surface area (Å²) in [6, 6.07) is 30.4. The Bertz CT molecular complexity index is 1230. The largest absolute Gasteiger partial charge is 0.492 e. The predicted octanol–water partition coefficient (Wildman–Crippen LogP) is 6.99. The number of anilines is 1. The Labute approximate surface area is 211 Å². The standard InChI is InChI=1S/C28H28ClN3OS/c1-2-33-27-17-9-8-16-26(27)30-28(34)32(19-22-11-4-3-5-12-22)21-24-14-10-18-31(24)20-23-13-6-7-15-25(23)29/h3-18H,2,19-21H2,1H3,(H,30,34). The van der Waals surface area contributed by atoms with Gasteiger partial charge >= 0.3 is 0 Å². The van der Waals surface area contributed by atoms with E-state index in [1.807, 2.05) is 55.5 Å². The Morgan fingerprint density at radius 2 is 1.65 bits per heavy atom. The molecule has 0 atom stereocenters. The first-order chi connectivity index (χ1) is 16.6. The van der Waals surface area contributed by atoms with Crippen molar-refractivity contribution in [3.63, 3.8) is 0 Å². The normalized spacial score (nSPS) is 10.6. The summed E-state index contributed by atoms with van der Waals surface area (Å²) in [5.74, 6) is 0.786. The second kappa shape index (κ2) is 11.7. The molecule has 0 spiro atoms. The molecule has 0 unspecified atom stereocenters. The van der Waals surface area contributed by atoms with Crippen molar-refractivity contribution in [2.45, 2.75) is 26.6 Å². The minimum Gasteiger partial charge on any atom is -0.492 e. The molecule has 0 fully saturated rings. The van der Waals surface area contributed by atoms with Gasteiger partial charge in [-0.2, -0.15) is 0 Å². The molecule has 1 aromatic heterocycles. The van der Waals surface area contributed by atoms with Gasteiger partial charge in [-0.25, -0.2) is 0 Å². The van der Waals surface area contributed by atoms with E-state index in [-0.39, 0.29) is 0 Å². The SMILES string of the molecule is CCOc1ccccc1NC(=S)N(Cc1ccccc1)Cc1cccn1Cc1ccccc1Cl. The summed E-state index contributed by atoms with van der Waals surface area (Å²) < 4.78 is 8.00. The fraction of sp³-hybridized carbons (Fsp3) is 0.179. The van der Waals surface area contributed by atoms with Crippen LogP contribution in [0.25, 0.3) is 0 Å².